The van der Waals surface area contributed by atoms with Crippen LogP contribution in [0.1, 0.15) is 41.2 Å². The van der Waals surface area contributed by atoms with E-state index in [2.05, 4.69) is 51.5 Å². The number of likely N-dealkylation sites (tertiary alicyclic amines) is 1. The molecule has 5 rings (SSSR count). The number of carbonyl (C=O) groups excluding carboxylic acids is 1. The smallest absolute Gasteiger partial charge is 0.254 e. The molecule has 0 spiro atoms. The van der Waals surface area contributed by atoms with E-state index >= 15 is 0 Å². The highest BCUT2D eigenvalue weighted by atomic mass is 35.5. The first kappa shape index (κ1) is 22.9. The Labute approximate surface area is 191 Å². The SMILES string of the molecule is Cl.Cl.O=C(c1ccc(N2CCCCC2)cc1)N1C[C@@H]2CNC[C@@H]2[C@H]1c1ccccc1. The summed E-state index contributed by atoms with van der Waals surface area (Å²) >= 11 is 0. The highest BCUT2D eigenvalue weighted by Gasteiger charge is 2.46. The third-order valence-electron chi connectivity index (χ3n) is 6.80. The van der Waals surface area contributed by atoms with Crippen molar-refractivity contribution in [1.29, 1.82) is 0 Å². The van der Waals surface area contributed by atoms with E-state index in [1.165, 1.54) is 30.5 Å². The van der Waals surface area contributed by atoms with Crippen molar-refractivity contribution in [3.63, 3.8) is 0 Å². The molecule has 3 fully saturated rings. The van der Waals surface area contributed by atoms with E-state index in [0.717, 1.165) is 38.3 Å². The van der Waals surface area contributed by atoms with Gasteiger partial charge in [-0.2, -0.15) is 0 Å². The zero-order chi connectivity index (χ0) is 18.9. The van der Waals surface area contributed by atoms with Crippen molar-refractivity contribution in [2.24, 2.45) is 11.8 Å². The van der Waals surface area contributed by atoms with Gasteiger partial charge in [0.2, 0.25) is 0 Å². The molecule has 4 nitrogen and oxygen atoms in total. The minimum Gasteiger partial charge on any atom is -0.372 e. The van der Waals surface area contributed by atoms with Gasteiger partial charge in [-0.3, -0.25) is 4.79 Å². The predicted octanol–water partition coefficient (Wildman–Crippen LogP) is 4.55. The van der Waals surface area contributed by atoms with Gasteiger partial charge in [0.25, 0.3) is 5.91 Å². The second-order valence-electron chi connectivity index (χ2n) is 8.49. The van der Waals surface area contributed by atoms with Gasteiger partial charge in [0.1, 0.15) is 0 Å². The molecule has 0 aliphatic carbocycles. The van der Waals surface area contributed by atoms with Gasteiger partial charge < -0.3 is 15.1 Å². The Morgan fingerprint density at radius 2 is 1.57 bits per heavy atom. The van der Waals surface area contributed by atoms with E-state index in [0.29, 0.717) is 11.8 Å². The molecule has 1 N–H and O–H groups in total. The molecule has 3 atom stereocenters. The van der Waals surface area contributed by atoms with Gasteiger partial charge in [0.05, 0.1) is 6.04 Å². The van der Waals surface area contributed by atoms with Crippen molar-refractivity contribution >= 4 is 36.4 Å². The monoisotopic (exact) mass is 447 g/mol. The lowest BCUT2D eigenvalue weighted by molar-refractivity contribution is 0.0714. The zero-order valence-corrected chi connectivity index (χ0v) is 18.8. The highest BCUT2D eigenvalue weighted by molar-refractivity contribution is 5.95. The summed E-state index contributed by atoms with van der Waals surface area (Å²) in [4.78, 5) is 18.0. The fourth-order valence-corrected chi connectivity index (χ4v) is 5.34. The van der Waals surface area contributed by atoms with Gasteiger partial charge in [-0.05, 0) is 55.0 Å². The molecule has 0 unspecified atom stereocenters. The third-order valence-corrected chi connectivity index (χ3v) is 6.80. The number of carbonyl (C=O) groups is 1. The Balaban J connectivity index is 0.00000128. The molecule has 6 heteroatoms. The second kappa shape index (κ2) is 10.0. The summed E-state index contributed by atoms with van der Waals surface area (Å²) in [5.41, 5.74) is 3.32. The van der Waals surface area contributed by atoms with Crippen LogP contribution in [0.25, 0.3) is 0 Å². The standard InChI is InChI=1S/C24H29N3O.2ClH/c28-24(19-9-11-21(12-10-19)26-13-5-2-6-14-26)27-17-20-15-25-16-22(20)23(27)18-7-3-1-4-8-18;;/h1,3-4,7-12,20,22-23,25H,2,5-6,13-17H2;2*1H/t20-,22-,23+;;/m0../s1. The van der Waals surface area contributed by atoms with Crippen LogP contribution >= 0.6 is 24.8 Å². The Hall–Kier alpha value is -1.75. The summed E-state index contributed by atoms with van der Waals surface area (Å²) < 4.78 is 0. The minimum atomic E-state index is 0. The van der Waals surface area contributed by atoms with E-state index in [1.807, 2.05) is 18.2 Å². The first-order chi connectivity index (χ1) is 13.8. The fraction of sp³-hybridized carbons (Fsp3) is 0.458. The third kappa shape index (κ3) is 4.32. The topological polar surface area (TPSA) is 35.6 Å². The maximum Gasteiger partial charge on any atom is 0.254 e. The second-order valence-corrected chi connectivity index (χ2v) is 8.49. The average molecular weight is 448 g/mol. The van der Waals surface area contributed by atoms with Gasteiger partial charge in [-0.25, -0.2) is 0 Å². The molecule has 3 aliphatic heterocycles. The number of hydrogen-bond acceptors (Lipinski definition) is 3. The molecule has 0 radical (unpaired) electrons. The van der Waals surface area contributed by atoms with E-state index in [9.17, 15) is 4.79 Å². The number of fused-ring (bicyclic) bond motifs is 1. The van der Waals surface area contributed by atoms with Crippen molar-refractivity contribution < 1.29 is 4.79 Å². The molecule has 2 aromatic rings. The number of halogens is 2. The summed E-state index contributed by atoms with van der Waals surface area (Å²) in [5.74, 6) is 1.24. The lowest BCUT2D eigenvalue weighted by Gasteiger charge is -2.30. The van der Waals surface area contributed by atoms with Gasteiger partial charge in [-0.15, -0.1) is 24.8 Å². The van der Waals surface area contributed by atoms with Crippen LogP contribution in [-0.4, -0.2) is 43.5 Å². The molecule has 0 aromatic heterocycles. The van der Waals surface area contributed by atoms with Crippen molar-refractivity contribution in [2.45, 2.75) is 25.3 Å². The molecular weight excluding hydrogens is 417 g/mol. The van der Waals surface area contributed by atoms with Gasteiger partial charge >= 0.3 is 0 Å². The fourth-order valence-electron chi connectivity index (χ4n) is 5.34. The van der Waals surface area contributed by atoms with Crippen LogP contribution in [0.3, 0.4) is 0 Å². The van der Waals surface area contributed by atoms with E-state index in [4.69, 9.17) is 0 Å². The molecule has 1 amide bonds. The lowest BCUT2D eigenvalue weighted by atomic mass is 9.89. The zero-order valence-electron chi connectivity index (χ0n) is 17.2. The van der Waals surface area contributed by atoms with E-state index < -0.39 is 0 Å². The van der Waals surface area contributed by atoms with Crippen molar-refractivity contribution in [1.82, 2.24) is 10.2 Å². The number of nitrogens with one attached hydrogen (secondary N) is 1. The number of rotatable bonds is 3. The number of piperidine rings is 1. The highest BCUT2D eigenvalue weighted by Crippen LogP contribution is 2.43. The molecule has 30 heavy (non-hydrogen) atoms. The quantitative estimate of drug-likeness (QED) is 0.748. The largest absolute Gasteiger partial charge is 0.372 e. The molecule has 2 aromatic carbocycles. The lowest BCUT2D eigenvalue weighted by Crippen LogP contribution is -2.34. The normalized spacial score (nSPS) is 25.3. The maximum absolute atomic E-state index is 13.4. The summed E-state index contributed by atoms with van der Waals surface area (Å²) in [5, 5.41) is 3.52. The van der Waals surface area contributed by atoms with Crippen molar-refractivity contribution in [3.8, 4) is 0 Å². The van der Waals surface area contributed by atoms with E-state index in [1.54, 1.807) is 0 Å². The van der Waals surface area contributed by atoms with Gasteiger partial charge in [-0.1, -0.05) is 30.3 Å². The molecule has 0 saturated carbocycles. The van der Waals surface area contributed by atoms with Crippen molar-refractivity contribution in [2.75, 3.05) is 37.6 Å². The van der Waals surface area contributed by atoms with Crippen LogP contribution in [0.5, 0.6) is 0 Å². The number of amides is 1. The number of nitrogens with zero attached hydrogens (tertiary/aromatic N) is 2. The summed E-state index contributed by atoms with van der Waals surface area (Å²) in [6.45, 7) is 5.13. The molecule has 162 valence electrons. The molecular formula is C24H31Cl2N3O. The Kier molecular flexibility index (Phi) is 7.67. The Morgan fingerprint density at radius 3 is 2.27 bits per heavy atom. The number of benzene rings is 2. The Bertz CT molecular complexity index is 824. The van der Waals surface area contributed by atoms with Crippen LogP contribution in [0.4, 0.5) is 5.69 Å². The first-order valence-electron chi connectivity index (χ1n) is 10.7. The van der Waals surface area contributed by atoms with Crippen molar-refractivity contribution in [3.05, 3.63) is 65.7 Å². The summed E-state index contributed by atoms with van der Waals surface area (Å²) in [7, 11) is 0. The minimum absolute atomic E-state index is 0. The molecule has 3 heterocycles. The predicted molar refractivity (Wildman–Crippen MR) is 127 cm³/mol. The first-order valence-corrected chi connectivity index (χ1v) is 10.7. The molecule has 3 saturated heterocycles. The summed E-state index contributed by atoms with van der Waals surface area (Å²) in [6, 6.07) is 19.1. The van der Waals surface area contributed by atoms with Gasteiger partial charge in [0, 0.05) is 49.9 Å². The van der Waals surface area contributed by atoms with Crippen LogP contribution in [-0.2, 0) is 0 Å². The summed E-state index contributed by atoms with van der Waals surface area (Å²) in [6.07, 6.45) is 3.87. The molecule has 3 aliphatic rings. The van der Waals surface area contributed by atoms with Gasteiger partial charge in [0.15, 0.2) is 0 Å². The average Bonchev–Trinajstić information content (AvgIpc) is 3.36. The molecule has 0 bridgehead atoms. The van der Waals surface area contributed by atoms with Crippen LogP contribution < -0.4 is 10.2 Å². The van der Waals surface area contributed by atoms with Crippen LogP contribution in [0.15, 0.2) is 54.6 Å². The Morgan fingerprint density at radius 1 is 0.867 bits per heavy atom. The van der Waals surface area contributed by atoms with Crippen LogP contribution in [0, 0.1) is 11.8 Å². The maximum atomic E-state index is 13.4. The van der Waals surface area contributed by atoms with Crippen LogP contribution in [0.2, 0.25) is 0 Å². The number of anilines is 1. The van der Waals surface area contributed by atoms with E-state index in [-0.39, 0.29) is 36.8 Å². The number of hydrogen-bond donors (Lipinski definition) is 1.